The topological polar surface area (TPSA) is 79.5 Å². The van der Waals surface area contributed by atoms with Gasteiger partial charge in [0.2, 0.25) is 0 Å². The van der Waals surface area contributed by atoms with Crippen molar-refractivity contribution >= 4 is 11.6 Å². The van der Waals surface area contributed by atoms with E-state index in [1.54, 1.807) is 29.9 Å². The third-order valence-electron chi connectivity index (χ3n) is 3.91. The standard InChI is InChI=1S/C14H18N4O2/c1-10-11(12-15-7-4-8-18(12)17-10)13(19)16-9-14(20)5-2-3-6-14/h4,7-8,20H,2-3,5-6,9H2,1H3,(H,16,19). The molecule has 106 valence electrons. The quantitative estimate of drug-likeness (QED) is 0.877. The van der Waals surface area contributed by atoms with Gasteiger partial charge in [-0.15, -0.1) is 0 Å². The molecule has 0 aromatic carbocycles. The van der Waals surface area contributed by atoms with Gasteiger partial charge in [0.05, 0.1) is 11.3 Å². The number of aromatic nitrogens is 3. The van der Waals surface area contributed by atoms with E-state index >= 15 is 0 Å². The number of hydrogen-bond donors (Lipinski definition) is 2. The first-order valence-electron chi connectivity index (χ1n) is 6.90. The first-order valence-corrected chi connectivity index (χ1v) is 6.90. The number of aliphatic hydroxyl groups is 1. The van der Waals surface area contributed by atoms with Crippen molar-refractivity contribution < 1.29 is 9.90 Å². The van der Waals surface area contributed by atoms with Crippen molar-refractivity contribution in [3.8, 4) is 0 Å². The Balaban J connectivity index is 1.80. The number of hydrogen-bond acceptors (Lipinski definition) is 4. The zero-order valence-corrected chi connectivity index (χ0v) is 11.5. The fraction of sp³-hybridized carbons (Fsp3) is 0.500. The van der Waals surface area contributed by atoms with E-state index in [1.165, 1.54) is 0 Å². The van der Waals surface area contributed by atoms with Crippen LogP contribution in [0.3, 0.4) is 0 Å². The van der Waals surface area contributed by atoms with Gasteiger partial charge in [0.25, 0.3) is 5.91 Å². The van der Waals surface area contributed by atoms with Gasteiger partial charge in [0, 0.05) is 18.9 Å². The summed E-state index contributed by atoms with van der Waals surface area (Å²) in [6, 6.07) is 1.77. The molecule has 0 radical (unpaired) electrons. The van der Waals surface area contributed by atoms with E-state index in [-0.39, 0.29) is 12.5 Å². The van der Waals surface area contributed by atoms with Crippen LogP contribution in [0.5, 0.6) is 0 Å². The summed E-state index contributed by atoms with van der Waals surface area (Å²) in [6.45, 7) is 2.07. The summed E-state index contributed by atoms with van der Waals surface area (Å²) in [4.78, 5) is 16.5. The molecule has 2 N–H and O–H groups in total. The lowest BCUT2D eigenvalue weighted by Gasteiger charge is -2.22. The molecular weight excluding hydrogens is 256 g/mol. The second kappa shape index (κ2) is 4.86. The van der Waals surface area contributed by atoms with Crippen LogP contribution in [0.15, 0.2) is 18.5 Å². The van der Waals surface area contributed by atoms with E-state index < -0.39 is 5.60 Å². The molecule has 3 rings (SSSR count). The highest BCUT2D eigenvalue weighted by Crippen LogP contribution is 2.28. The molecule has 1 amide bonds. The first kappa shape index (κ1) is 13.1. The summed E-state index contributed by atoms with van der Waals surface area (Å²) in [5, 5.41) is 17.3. The highest BCUT2D eigenvalue weighted by atomic mass is 16.3. The number of rotatable bonds is 3. The highest BCUT2D eigenvalue weighted by Gasteiger charge is 2.32. The predicted molar refractivity (Wildman–Crippen MR) is 73.5 cm³/mol. The molecule has 1 saturated carbocycles. The molecule has 0 spiro atoms. The predicted octanol–water partition coefficient (Wildman–Crippen LogP) is 1.07. The average molecular weight is 274 g/mol. The minimum Gasteiger partial charge on any atom is -0.388 e. The molecule has 2 heterocycles. The van der Waals surface area contributed by atoms with E-state index in [4.69, 9.17) is 0 Å². The van der Waals surface area contributed by atoms with Gasteiger partial charge in [-0.3, -0.25) is 4.79 Å². The third-order valence-corrected chi connectivity index (χ3v) is 3.91. The lowest BCUT2D eigenvalue weighted by molar-refractivity contribution is 0.0450. The van der Waals surface area contributed by atoms with Crippen LogP contribution in [0.4, 0.5) is 0 Å². The summed E-state index contributed by atoms with van der Waals surface area (Å²) in [6.07, 6.45) is 6.93. The first-order chi connectivity index (χ1) is 9.59. The summed E-state index contributed by atoms with van der Waals surface area (Å²) < 4.78 is 1.59. The lowest BCUT2D eigenvalue weighted by Crippen LogP contribution is -2.40. The number of nitrogens with zero attached hydrogens (tertiary/aromatic N) is 3. The zero-order chi connectivity index (χ0) is 14.2. The maximum atomic E-state index is 12.3. The van der Waals surface area contributed by atoms with Crippen molar-refractivity contribution in [2.75, 3.05) is 6.54 Å². The molecule has 0 unspecified atom stereocenters. The normalized spacial score (nSPS) is 17.5. The monoisotopic (exact) mass is 274 g/mol. The highest BCUT2D eigenvalue weighted by molar-refractivity contribution is 6.01. The number of aryl methyl sites for hydroxylation is 1. The lowest BCUT2D eigenvalue weighted by atomic mass is 10.0. The van der Waals surface area contributed by atoms with E-state index in [0.29, 0.717) is 16.9 Å². The van der Waals surface area contributed by atoms with Gasteiger partial charge in [-0.25, -0.2) is 9.50 Å². The SMILES string of the molecule is Cc1nn2cccnc2c1C(=O)NCC1(O)CCCC1. The van der Waals surface area contributed by atoms with Crippen LogP contribution in [0, 0.1) is 6.92 Å². The molecule has 2 aromatic rings. The largest absolute Gasteiger partial charge is 0.388 e. The van der Waals surface area contributed by atoms with Gasteiger partial charge < -0.3 is 10.4 Å². The minimum absolute atomic E-state index is 0.225. The molecule has 0 saturated heterocycles. The molecule has 1 aliphatic carbocycles. The molecule has 0 atom stereocenters. The Kier molecular flexibility index (Phi) is 3.17. The Morgan fingerprint density at radius 2 is 2.25 bits per heavy atom. The second-order valence-electron chi connectivity index (χ2n) is 5.46. The molecule has 6 heteroatoms. The van der Waals surface area contributed by atoms with E-state index in [2.05, 4.69) is 15.4 Å². The Morgan fingerprint density at radius 3 is 3.00 bits per heavy atom. The van der Waals surface area contributed by atoms with Gasteiger partial charge in [-0.1, -0.05) is 12.8 Å². The van der Waals surface area contributed by atoms with Gasteiger partial charge in [-0.05, 0) is 25.8 Å². The summed E-state index contributed by atoms with van der Waals surface area (Å²) >= 11 is 0. The molecule has 0 bridgehead atoms. The van der Waals surface area contributed by atoms with E-state index in [0.717, 1.165) is 25.7 Å². The van der Waals surface area contributed by atoms with Crippen LogP contribution in [0.2, 0.25) is 0 Å². The van der Waals surface area contributed by atoms with Gasteiger partial charge >= 0.3 is 0 Å². The van der Waals surface area contributed by atoms with Crippen molar-refractivity contribution in [2.24, 2.45) is 0 Å². The summed E-state index contributed by atoms with van der Waals surface area (Å²) in [7, 11) is 0. The fourth-order valence-electron chi connectivity index (χ4n) is 2.81. The van der Waals surface area contributed by atoms with Crippen molar-refractivity contribution in [1.82, 2.24) is 19.9 Å². The third kappa shape index (κ3) is 2.27. The number of carbonyl (C=O) groups is 1. The average Bonchev–Trinajstić information content (AvgIpc) is 2.99. The Labute approximate surface area is 116 Å². The Morgan fingerprint density at radius 1 is 1.50 bits per heavy atom. The molecule has 1 fully saturated rings. The number of fused-ring (bicyclic) bond motifs is 1. The maximum absolute atomic E-state index is 12.3. The molecule has 2 aromatic heterocycles. The number of carbonyl (C=O) groups excluding carboxylic acids is 1. The van der Waals surface area contributed by atoms with Crippen LogP contribution in [0.25, 0.3) is 5.65 Å². The molecular formula is C14H18N4O2. The van der Waals surface area contributed by atoms with Crippen LogP contribution in [0.1, 0.15) is 41.7 Å². The number of amides is 1. The van der Waals surface area contributed by atoms with E-state index in [1.807, 2.05) is 0 Å². The van der Waals surface area contributed by atoms with Crippen LogP contribution in [-0.2, 0) is 0 Å². The summed E-state index contributed by atoms with van der Waals surface area (Å²) in [5.41, 5.74) is 0.910. The molecule has 20 heavy (non-hydrogen) atoms. The zero-order valence-electron chi connectivity index (χ0n) is 11.5. The number of nitrogens with one attached hydrogen (secondary N) is 1. The van der Waals surface area contributed by atoms with Crippen LogP contribution < -0.4 is 5.32 Å². The van der Waals surface area contributed by atoms with Crippen molar-refractivity contribution in [2.45, 2.75) is 38.2 Å². The molecule has 0 aliphatic heterocycles. The fourth-order valence-corrected chi connectivity index (χ4v) is 2.81. The Hall–Kier alpha value is -1.95. The van der Waals surface area contributed by atoms with E-state index in [9.17, 15) is 9.90 Å². The maximum Gasteiger partial charge on any atom is 0.257 e. The van der Waals surface area contributed by atoms with Crippen LogP contribution >= 0.6 is 0 Å². The van der Waals surface area contributed by atoms with Gasteiger partial charge in [0.15, 0.2) is 5.65 Å². The minimum atomic E-state index is -0.750. The molecule has 1 aliphatic rings. The summed E-state index contributed by atoms with van der Waals surface area (Å²) in [5.74, 6) is -0.225. The van der Waals surface area contributed by atoms with Crippen molar-refractivity contribution in [3.63, 3.8) is 0 Å². The van der Waals surface area contributed by atoms with Crippen LogP contribution in [-0.4, -0.2) is 37.8 Å². The van der Waals surface area contributed by atoms with Crippen molar-refractivity contribution in [3.05, 3.63) is 29.7 Å². The second-order valence-corrected chi connectivity index (χ2v) is 5.46. The van der Waals surface area contributed by atoms with Crippen molar-refractivity contribution in [1.29, 1.82) is 0 Å². The Bertz CT molecular complexity index is 644. The molecule has 6 nitrogen and oxygen atoms in total. The van der Waals surface area contributed by atoms with Gasteiger partial charge in [-0.2, -0.15) is 5.10 Å². The van der Waals surface area contributed by atoms with Gasteiger partial charge in [0.1, 0.15) is 5.56 Å². The smallest absolute Gasteiger partial charge is 0.257 e.